The first-order valence-electron chi connectivity index (χ1n) is 7.94. The van der Waals surface area contributed by atoms with Gasteiger partial charge < -0.3 is 15.0 Å². The smallest absolute Gasteiger partial charge is 0.270 e. The molecule has 1 saturated heterocycles. The van der Waals surface area contributed by atoms with Gasteiger partial charge in [-0.05, 0) is 18.2 Å². The number of carbonyl (C=O) groups excluding carboxylic acids is 1. The summed E-state index contributed by atoms with van der Waals surface area (Å²) in [6, 6.07) is 9.79. The van der Waals surface area contributed by atoms with Crippen LogP contribution in [0.15, 0.2) is 42.6 Å². The van der Waals surface area contributed by atoms with Crippen molar-refractivity contribution >= 4 is 17.3 Å². The number of benzene rings is 1. The Morgan fingerprint density at radius 1 is 1.28 bits per heavy atom. The number of anilines is 1. The molecule has 1 N–H and O–H groups in total. The van der Waals surface area contributed by atoms with E-state index < -0.39 is 4.92 Å². The van der Waals surface area contributed by atoms with E-state index in [0.717, 1.165) is 0 Å². The van der Waals surface area contributed by atoms with Gasteiger partial charge in [0.25, 0.3) is 11.6 Å². The summed E-state index contributed by atoms with van der Waals surface area (Å²) in [6.07, 6.45) is 1.65. The Morgan fingerprint density at radius 2 is 2.08 bits per heavy atom. The van der Waals surface area contributed by atoms with Crippen LogP contribution in [-0.4, -0.2) is 42.1 Å². The molecular formula is C17H18N4O4. The summed E-state index contributed by atoms with van der Waals surface area (Å²) in [5.41, 5.74) is 1.56. The Bertz CT molecular complexity index is 760. The molecule has 0 atom stereocenters. The number of nitrogens with zero attached hydrogens (tertiary/aromatic N) is 3. The second-order valence-electron chi connectivity index (χ2n) is 5.56. The minimum atomic E-state index is -0.501. The van der Waals surface area contributed by atoms with Crippen molar-refractivity contribution in [3.63, 3.8) is 0 Å². The Labute approximate surface area is 144 Å². The summed E-state index contributed by atoms with van der Waals surface area (Å²) >= 11 is 0. The van der Waals surface area contributed by atoms with Crippen molar-refractivity contribution in [1.82, 2.24) is 10.3 Å². The molecule has 1 aliphatic heterocycles. The molecule has 0 spiro atoms. The third kappa shape index (κ3) is 4.10. The van der Waals surface area contributed by atoms with Crippen molar-refractivity contribution < 1.29 is 14.5 Å². The van der Waals surface area contributed by atoms with E-state index >= 15 is 0 Å². The summed E-state index contributed by atoms with van der Waals surface area (Å²) in [4.78, 5) is 29.4. The van der Waals surface area contributed by atoms with E-state index in [1.54, 1.807) is 24.4 Å². The fourth-order valence-electron chi connectivity index (χ4n) is 2.67. The largest absolute Gasteiger partial charge is 0.378 e. The molecule has 2 aromatic rings. The van der Waals surface area contributed by atoms with E-state index in [9.17, 15) is 14.9 Å². The van der Waals surface area contributed by atoms with Crippen LogP contribution in [0.25, 0.3) is 0 Å². The lowest BCUT2D eigenvalue weighted by Gasteiger charge is -2.30. The number of pyridine rings is 1. The SMILES string of the molecule is O=C(NCc1ccccn1)c1cc([N+](=O)[O-])ccc1N1CCOCC1. The molecule has 25 heavy (non-hydrogen) atoms. The van der Waals surface area contributed by atoms with Gasteiger partial charge in [-0.3, -0.25) is 19.9 Å². The van der Waals surface area contributed by atoms with Crippen LogP contribution in [-0.2, 0) is 11.3 Å². The van der Waals surface area contributed by atoms with Gasteiger partial charge in [-0.15, -0.1) is 0 Å². The maximum atomic E-state index is 12.6. The monoisotopic (exact) mass is 342 g/mol. The van der Waals surface area contributed by atoms with E-state index in [4.69, 9.17) is 4.74 Å². The van der Waals surface area contributed by atoms with Crippen LogP contribution in [0.4, 0.5) is 11.4 Å². The highest BCUT2D eigenvalue weighted by Gasteiger charge is 2.22. The van der Waals surface area contributed by atoms with Gasteiger partial charge in [0.05, 0.1) is 41.6 Å². The number of morpholine rings is 1. The predicted octanol–water partition coefficient (Wildman–Crippen LogP) is 1.76. The highest BCUT2D eigenvalue weighted by molar-refractivity contribution is 6.00. The molecular weight excluding hydrogens is 324 g/mol. The standard InChI is InChI=1S/C17H18N4O4/c22-17(19-12-13-3-1-2-6-18-13)15-11-14(21(23)24)4-5-16(15)20-7-9-25-10-8-20/h1-6,11H,7-10,12H2,(H,19,22). The van der Waals surface area contributed by atoms with Crippen LogP contribution in [0.5, 0.6) is 0 Å². The summed E-state index contributed by atoms with van der Waals surface area (Å²) in [5.74, 6) is -0.365. The van der Waals surface area contributed by atoms with E-state index in [1.807, 2.05) is 11.0 Å². The molecule has 1 aromatic carbocycles. The number of non-ortho nitro benzene ring substituents is 1. The van der Waals surface area contributed by atoms with Gasteiger partial charge in [-0.1, -0.05) is 6.07 Å². The van der Waals surface area contributed by atoms with Crippen molar-refractivity contribution in [2.45, 2.75) is 6.54 Å². The van der Waals surface area contributed by atoms with Crippen molar-refractivity contribution in [2.24, 2.45) is 0 Å². The second-order valence-corrected chi connectivity index (χ2v) is 5.56. The van der Waals surface area contributed by atoms with Gasteiger partial charge in [0, 0.05) is 31.4 Å². The highest BCUT2D eigenvalue weighted by Crippen LogP contribution is 2.26. The fraction of sp³-hybridized carbons (Fsp3) is 0.294. The van der Waals surface area contributed by atoms with Gasteiger partial charge in [0.2, 0.25) is 0 Å². The number of nitro benzene ring substituents is 1. The summed E-state index contributed by atoms with van der Waals surface area (Å²) in [7, 11) is 0. The average Bonchev–Trinajstić information content (AvgIpc) is 2.67. The number of nitrogens with one attached hydrogen (secondary N) is 1. The predicted molar refractivity (Wildman–Crippen MR) is 91.5 cm³/mol. The van der Waals surface area contributed by atoms with Gasteiger partial charge in [-0.2, -0.15) is 0 Å². The summed E-state index contributed by atoms with van der Waals surface area (Å²) < 4.78 is 5.33. The molecule has 0 saturated carbocycles. The van der Waals surface area contributed by atoms with E-state index in [1.165, 1.54) is 12.1 Å². The molecule has 8 nitrogen and oxygen atoms in total. The van der Waals surface area contributed by atoms with E-state index in [0.29, 0.717) is 37.7 Å². The number of amides is 1. The second kappa shape index (κ2) is 7.71. The zero-order chi connectivity index (χ0) is 17.6. The molecule has 1 aromatic heterocycles. The van der Waals surface area contributed by atoms with Crippen LogP contribution in [0.2, 0.25) is 0 Å². The lowest BCUT2D eigenvalue weighted by molar-refractivity contribution is -0.384. The Morgan fingerprint density at radius 3 is 2.76 bits per heavy atom. The summed E-state index contributed by atoms with van der Waals surface area (Å²) in [6.45, 7) is 2.65. The molecule has 1 aliphatic rings. The minimum Gasteiger partial charge on any atom is -0.378 e. The van der Waals surface area contributed by atoms with Crippen LogP contribution >= 0.6 is 0 Å². The molecule has 0 radical (unpaired) electrons. The number of aromatic nitrogens is 1. The Balaban J connectivity index is 1.84. The van der Waals surface area contributed by atoms with E-state index in [-0.39, 0.29) is 23.7 Å². The number of hydrogen-bond donors (Lipinski definition) is 1. The molecule has 3 rings (SSSR count). The number of nitro groups is 1. The zero-order valence-electron chi connectivity index (χ0n) is 13.6. The molecule has 130 valence electrons. The van der Waals surface area contributed by atoms with Crippen LogP contribution < -0.4 is 10.2 Å². The molecule has 1 fully saturated rings. The molecule has 0 aliphatic carbocycles. The molecule has 1 amide bonds. The molecule has 2 heterocycles. The van der Waals surface area contributed by atoms with E-state index in [2.05, 4.69) is 10.3 Å². The van der Waals surface area contributed by atoms with Gasteiger partial charge in [-0.25, -0.2) is 0 Å². The lowest BCUT2D eigenvalue weighted by Crippen LogP contribution is -2.38. The number of hydrogen-bond acceptors (Lipinski definition) is 6. The number of rotatable bonds is 5. The Hall–Kier alpha value is -3.00. The maximum Gasteiger partial charge on any atom is 0.270 e. The zero-order valence-corrected chi connectivity index (χ0v) is 13.6. The number of ether oxygens (including phenoxy) is 1. The number of carbonyl (C=O) groups is 1. The van der Waals surface area contributed by atoms with Crippen molar-refractivity contribution in [3.8, 4) is 0 Å². The fourth-order valence-corrected chi connectivity index (χ4v) is 2.67. The first kappa shape index (κ1) is 16.8. The average molecular weight is 342 g/mol. The van der Waals surface area contributed by atoms with Gasteiger partial charge in [0.15, 0.2) is 0 Å². The Kier molecular flexibility index (Phi) is 5.20. The van der Waals surface area contributed by atoms with Gasteiger partial charge in [0.1, 0.15) is 0 Å². The minimum absolute atomic E-state index is 0.111. The first-order valence-corrected chi connectivity index (χ1v) is 7.94. The summed E-state index contributed by atoms with van der Waals surface area (Å²) in [5, 5.41) is 13.9. The molecule has 0 unspecified atom stereocenters. The van der Waals surface area contributed by atoms with Crippen molar-refractivity contribution in [2.75, 3.05) is 31.2 Å². The third-order valence-corrected chi connectivity index (χ3v) is 3.94. The molecule has 8 heteroatoms. The van der Waals surface area contributed by atoms with Gasteiger partial charge >= 0.3 is 0 Å². The maximum absolute atomic E-state index is 12.6. The van der Waals surface area contributed by atoms with Crippen molar-refractivity contribution in [1.29, 1.82) is 0 Å². The third-order valence-electron chi connectivity index (χ3n) is 3.94. The van der Waals surface area contributed by atoms with Crippen molar-refractivity contribution in [3.05, 3.63) is 64.0 Å². The normalized spacial score (nSPS) is 14.2. The van der Waals surface area contributed by atoms with Crippen LogP contribution in [0.1, 0.15) is 16.1 Å². The van der Waals surface area contributed by atoms with Crippen LogP contribution in [0, 0.1) is 10.1 Å². The molecule has 0 bridgehead atoms. The quantitative estimate of drug-likeness (QED) is 0.657. The topological polar surface area (TPSA) is 97.6 Å². The van der Waals surface area contributed by atoms with Crippen LogP contribution in [0.3, 0.4) is 0 Å². The highest BCUT2D eigenvalue weighted by atomic mass is 16.6. The lowest BCUT2D eigenvalue weighted by atomic mass is 10.1. The first-order chi connectivity index (χ1) is 12.1.